The summed E-state index contributed by atoms with van der Waals surface area (Å²) in [4.78, 5) is 2.37. The number of nitrogens with zero attached hydrogens (tertiary/aromatic N) is 2. The molecule has 3 nitrogen and oxygen atoms in total. The zero-order chi connectivity index (χ0) is 41.4. The third-order valence-corrected chi connectivity index (χ3v) is 12.9. The lowest BCUT2D eigenvalue weighted by Gasteiger charge is -2.27. The predicted octanol–water partition coefficient (Wildman–Crippen LogP) is 16.9. The maximum absolute atomic E-state index is 6.96. The molecule has 0 radical (unpaired) electrons. The Balaban J connectivity index is 1.02. The molecule has 0 aliphatic rings. The van der Waals surface area contributed by atoms with Crippen LogP contribution in [-0.4, -0.2) is 4.57 Å². The van der Waals surface area contributed by atoms with Crippen molar-refractivity contribution in [3.8, 4) is 27.9 Å². The monoisotopic (exact) mass is 802 g/mol. The molecule has 0 fully saturated rings. The van der Waals surface area contributed by atoms with E-state index in [1.807, 2.05) is 0 Å². The Morgan fingerprint density at radius 2 is 0.889 bits per heavy atom. The number of furan rings is 1. The lowest BCUT2D eigenvalue weighted by molar-refractivity contribution is 0.673. The van der Waals surface area contributed by atoms with Gasteiger partial charge in [0, 0.05) is 50.1 Å². The smallest absolute Gasteiger partial charge is 0.143 e. The van der Waals surface area contributed by atoms with Crippen molar-refractivity contribution in [3.05, 3.63) is 231 Å². The standard InChI is InChI=1S/C60H38N2O/c1-2-14-39(15-3-1)55-37-46(38-58-59(55)53-35-28-40-16-4-7-19-48(40)60(53)63-58)61(44-31-33-45(34-32-44)62-56-24-12-10-22-51(56)52-23-11-13-25-57(52)62)43-29-26-41(27-30-43)54-36-42-17-5-6-18-47(42)49-20-8-9-21-50(49)54/h1-38H. The third-order valence-electron chi connectivity index (χ3n) is 12.9. The van der Waals surface area contributed by atoms with Gasteiger partial charge in [-0.3, -0.25) is 0 Å². The van der Waals surface area contributed by atoms with Crippen molar-refractivity contribution in [2.24, 2.45) is 0 Å². The van der Waals surface area contributed by atoms with E-state index in [4.69, 9.17) is 4.42 Å². The molecular weight excluding hydrogens is 765 g/mol. The Bertz CT molecular complexity index is 3840. The summed E-state index contributed by atoms with van der Waals surface area (Å²) in [5.41, 5.74) is 13.0. The van der Waals surface area contributed by atoms with Gasteiger partial charge in [-0.1, -0.05) is 158 Å². The van der Waals surface area contributed by atoms with E-state index >= 15 is 0 Å². The Morgan fingerprint density at radius 1 is 0.333 bits per heavy atom. The van der Waals surface area contributed by atoms with Crippen LogP contribution < -0.4 is 4.90 Å². The maximum Gasteiger partial charge on any atom is 0.143 e. The lowest BCUT2D eigenvalue weighted by atomic mass is 9.93. The fourth-order valence-electron chi connectivity index (χ4n) is 10.1. The average Bonchev–Trinajstić information content (AvgIpc) is 3.91. The van der Waals surface area contributed by atoms with Gasteiger partial charge in [-0.05, 0) is 116 Å². The molecule has 11 aromatic carbocycles. The summed E-state index contributed by atoms with van der Waals surface area (Å²) in [5.74, 6) is 0. The van der Waals surface area contributed by atoms with Gasteiger partial charge in [-0.2, -0.15) is 0 Å². The summed E-state index contributed by atoms with van der Waals surface area (Å²) in [6, 6.07) is 83.4. The highest BCUT2D eigenvalue weighted by molar-refractivity contribution is 6.20. The van der Waals surface area contributed by atoms with Crippen LogP contribution in [0.2, 0.25) is 0 Å². The van der Waals surface area contributed by atoms with E-state index in [1.165, 1.54) is 54.5 Å². The Kier molecular flexibility index (Phi) is 7.91. The molecule has 0 saturated heterocycles. The second-order valence-corrected chi connectivity index (χ2v) is 16.5. The van der Waals surface area contributed by atoms with Crippen LogP contribution in [0.5, 0.6) is 0 Å². The van der Waals surface area contributed by atoms with E-state index in [0.717, 1.165) is 66.6 Å². The Morgan fingerprint density at radius 3 is 1.60 bits per heavy atom. The van der Waals surface area contributed by atoms with Gasteiger partial charge in [0.15, 0.2) is 0 Å². The van der Waals surface area contributed by atoms with Crippen LogP contribution in [0.1, 0.15) is 0 Å². The first-order valence-electron chi connectivity index (χ1n) is 21.6. The second-order valence-electron chi connectivity index (χ2n) is 16.5. The van der Waals surface area contributed by atoms with Crippen LogP contribution in [0.15, 0.2) is 235 Å². The number of benzene rings is 11. The third kappa shape index (κ3) is 5.60. The van der Waals surface area contributed by atoms with Gasteiger partial charge < -0.3 is 13.9 Å². The van der Waals surface area contributed by atoms with E-state index in [1.54, 1.807) is 0 Å². The van der Waals surface area contributed by atoms with Crippen LogP contribution in [0, 0.1) is 0 Å². The molecule has 2 aromatic heterocycles. The topological polar surface area (TPSA) is 21.3 Å². The molecule has 0 aliphatic heterocycles. The molecule has 0 atom stereocenters. The van der Waals surface area contributed by atoms with E-state index < -0.39 is 0 Å². The van der Waals surface area contributed by atoms with Crippen molar-refractivity contribution in [3.63, 3.8) is 0 Å². The molecule has 0 spiro atoms. The van der Waals surface area contributed by atoms with Crippen LogP contribution in [0.3, 0.4) is 0 Å². The summed E-state index contributed by atoms with van der Waals surface area (Å²) in [6.45, 7) is 0. The highest BCUT2D eigenvalue weighted by Gasteiger charge is 2.22. The highest BCUT2D eigenvalue weighted by Crippen LogP contribution is 2.46. The van der Waals surface area contributed by atoms with Gasteiger partial charge in [0.05, 0.1) is 16.7 Å². The molecule has 294 valence electrons. The zero-order valence-corrected chi connectivity index (χ0v) is 34.2. The second kappa shape index (κ2) is 14.1. The Hall–Kier alpha value is -8.40. The molecule has 0 aliphatic carbocycles. The minimum atomic E-state index is 0.851. The van der Waals surface area contributed by atoms with Gasteiger partial charge in [0.1, 0.15) is 11.2 Å². The summed E-state index contributed by atoms with van der Waals surface area (Å²) >= 11 is 0. The van der Waals surface area contributed by atoms with Crippen LogP contribution >= 0.6 is 0 Å². The number of hydrogen-bond acceptors (Lipinski definition) is 2. The summed E-state index contributed by atoms with van der Waals surface area (Å²) in [7, 11) is 0. The quantitative estimate of drug-likeness (QED) is 0.156. The molecule has 0 amide bonds. The largest absolute Gasteiger partial charge is 0.455 e. The number of para-hydroxylation sites is 2. The fraction of sp³-hybridized carbons (Fsp3) is 0. The van der Waals surface area contributed by atoms with Crippen LogP contribution in [-0.2, 0) is 0 Å². The van der Waals surface area contributed by atoms with Gasteiger partial charge in [-0.25, -0.2) is 0 Å². The van der Waals surface area contributed by atoms with Crippen molar-refractivity contribution in [1.29, 1.82) is 0 Å². The van der Waals surface area contributed by atoms with Crippen molar-refractivity contribution in [2.75, 3.05) is 4.90 Å². The van der Waals surface area contributed by atoms with Crippen molar-refractivity contribution < 1.29 is 4.42 Å². The molecule has 0 saturated carbocycles. The number of hydrogen-bond donors (Lipinski definition) is 0. The minimum Gasteiger partial charge on any atom is -0.455 e. The number of rotatable bonds is 6. The first-order valence-corrected chi connectivity index (χ1v) is 21.6. The minimum absolute atomic E-state index is 0.851. The number of aromatic nitrogens is 1. The van der Waals surface area contributed by atoms with Gasteiger partial charge in [0.25, 0.3) is 0 Å². The van der Waals surface area contributed by atoms with E-state index in [9.17, 15) is 0 Å². The average molecular weight is 803 g/mol. The lowest BCUT2D eigenvalue weighted by Crippen LogP contribution is -2.10. The normalized spacial score (nSPS) is 11.8. The maximum atomic E-state index is 6.96. The molecule has 63 heavy (non-hydrogen) atoms. The highest BCUT2D eigenvalue weighted by atomic mass is 16.3. The van der Waals surface area contributed by atoms with Gasteiger partial charge >= 0.3 is 0 Å². The van der Waals surface area contributed by atoms with E-state index in [-0.39, 0.29) is 0 Å². The summed E-state index contributed by atoms with van der Waals surface area (Å²) < 4.78 is 9.34. The van der Waals surface area contributed by atoms with Crippen LogP contribution in [0.25, 0.3) is 104 Å². The zero-order valence-electron chi connectivity index (χ0n) is 34.2. The van der Waals surface area contributed by atoms with Crippen molar-refractivity contribution in [1.82, 2.24) is 4.57 Å². The summed E-state index contributed by atoms with van der Waals surface area (Å²) in [6.07, 6.45) is 0. The van der Waals surface area contributed by atoms with Crippen molar-refractivity contribution in [2.45, 2.75) is 0 Å². The summed E-state index contributed by atoms with van der Waals surface area (Å²) in [5, 5.41) is 12.0. The Labute approximate surface area is 363 Å². The van der Waals surface area contributed by atoms with Gasteiger partial charge in [-0.15, -0.1) is 0 Å². The van der Waals surface area contributed by atoms with E-state index in [0.29, 0.717) is 0 Å². The van der Waals surface area contributed by atoms with Crippen LogP contribution in [0.4, 0.5) is 17.1 Å². The molecule has 13 rings (SSSR count). The fourth-order valence-corrected chi connectivity index (χ4v) is 10.1. The molecule has 0 unspecified atom stereocenters. The molecule has 2 heterocycles. The SMILES string of the molecule is c1ccc(-c2cc(N(c3ccc(-c4cc5ccccc5c5ccccc45)cc3)c3ccc(-n4c5ccccc5c5ccccc54)cc3)cc3oc4c5ccccc5ccc4c23)cc1. The number of anilines is 3. The van der Waals surface area contributed by atoms with Crippen molar-refractivity contribution >= 4 is 93.1 Å². The first kappa shape index (κ1) is 35.4. The first-order chi connectivity index (χ1) is 31.2. The molecule has 0 bridgehead atoms. The molecule has 13 aromatic rings. The molecular formula is C60H38N2O. The molecule has 3 heteroatoms. The predicted molar refractivity (Wildman–Crippen MR) is 266 cm³/mol. The molecule has 0 N–H and O–H groups in total. The van der Waals surface area contributed by atoms with E-state index in [2.05, 4.69) is 240 Å². The number of fused-ring (bicyclic) bond motifs is 11. The van der Waals surface area contributed by atoms with Gasteiger partial charge in [0.2, 0.25) is 0 Å².